The summed E-state index contributed by atoms with van der Waals surface area (Å²) in [7, 11) is 1.95. The standard InChI is InChI=1S/C15H20N3.ClH.Mg/c1-11-7-6-8-12(9-11)14-16-13(18(5)17-14)10-15(2,3)4;;/h6-7,9H,10H2,1-5H3;1H;/q-1;;+2/p-1. The van der Waals surface area contributed by atoms with Crippen molar-refractivity contribution in [1.82, 2.24) is 14.8 Å². The molecule has 0 aliphatic heterocycles. The second kappa shape index (κ2) is 7.43. The van der Waals surface area contributed by atoms with Crippen LogP contribution in [0.5, 0.6) is 0 Å². The molecular formula is C15H20ClMgN3. The molecule has 0 N–H and O–H groups in total. The van der Waals surface area contributed by atoms with E-state index in [9.17, 15) is 0 Å². The van der Waals surface area contributed by atoms with Crippen molar-refractivity contribution in [3.63, 3.8) is 0 Å². The molecular weight excluding hydrogens is 282 g/mol. The Balaban J connectivity index is 0.00000180. The monoisotopic (exact) mass is 301 g/mol. The van der Waals surface area contributed by atoms with Crippen LogP contribution in [-0.2, 0) is 13.5 Å². The number of benzene rings is 1. The van der Waals surface area contributed by atoms with E-state index in [4.69, 9.17) is 0 Å². The fourth-order valence-electron chi connectivity index (χ4n) is 1.87. The summed E-state index contributed by atoms with van der Waals surface area (Å²) < 4.78 is 1.87. The van der Waals surface area contributed by atoms with Crippen LogP contribution in [0.1, 0.15) is 32.2 Å². The Morgan fingerprint density at radius 2 is 1.95 bits per heavy atom. The maximum absolute atomic E-state index is 4.63. The summed E-state index contributed by atoms with van der Waals surface area (Å²) in [5, 5.41) is 4.48. The van der Waals surface area contributed by atoms with Gasteiger partial charge in [-0.1, -0.05) is 27.7 Å². The predicted octanol–water partition coefficient (Wildman–Crippen LogP) is -0.197. The van der Waals surface area contributed by atoms with Crippen molar-refractivity contribution < 1.29 is 12.4 Å². The first-order chi connectivity index (χ1) is 8.35. The van der Waals surface area contributed by atoms with E-state index in [-0.39, 0.29) is 40.9 Å². The van der Waals surface area contributed by atoms with E-state index < -0.39 is 0 Å². The number of nitrogens with zero attached hydrogens (tertiary/aromatic N) is 3. The molecule has 0 radical (unpaired) electrons. The van der Waals surface area contributed by atoms with Crippen molar-refractivity contribution in [2.45, 2.75) is 34.1 Å². The summed E-state index contributed by atoms with van der Waals surface area (Å²) in [6.07, 6.45) is 0.919. The smallest absolute Gasteiger partial charge is 1.00 e. The molecule has 0 fully saturated rings. The van der Waals surface area contributed by atoms with Crippen molar-refractivity contribution in [1.29, 1.82) is 0 Å². The summed E-state index contributed by atoms with van der Waals surface area (Å²) in [6.45, 7) is 8.69. The molecule has 0 unspecified atom stereocenters. The molecule has 3 nitrogen and oxygen atoms in total. The van der Waals surface area contributed by atoms with Crippen molar-refractivity contribution >= 4 is 23.1 Å². The van der Waals surface area contributed by atoms with Crippen LogP contribution in [0, 0.1) is 18.4 Å². The van der Waals surface area contributed by atoms with E-state index in [1.165, 1.54) is 5.56 Å². The zero-order valence-electron chi connectivity index (χ0n) is 12.9. The first-order valence-electron chi connectivity index (χ1n) is 6.24. The molecule has 0 saturated carbocycles. The molecule has 0 amide bonds. The molecule has 0 spiro atoms. The maximum Gasteiger partial charge on any atom is 2.00 e. The normalized spacial score (nSPS) is 10.7. The van der Waals surface area contributed by atoms with Gasteiger partial charge in [-0.3, -0.25) is 9.67 Å². The van der Waals surface area contributed by atoms with Gasteiger partial charge in [0.25, 0.3) is 0 Å². The first-order valence-corrected chi connectivity index (χ1v) is 6.24. The van der Waals surface area contributed by atoms with Gasteiger partial charge in [0.15, 0.2) is 0 Å². The van der Waals surface area contributed by atoms with Gasteiger partial charge < -0.3 is 12.4 Å². The Hall–Kier alpha value is -0.584. The van der Waals surface area contributed by atoms with Crippen molar-refractivity contribution in [2.75, 3.05) is 0 Å². The van der Waals surface area contributed by atoms with Gasteiger partial charge in [-0.15, -0.1) is 35.4 Å². The van der Waals surface area contributed by atoms with Gasteiger partial charge in [0.05, 0.1) is 5.82 Å². The van der Waals surface area contributed by atoms with E-state index in [1.54, 1.807) is 0 Å². The summed E-state index contributed by atoms with van der Waals surface area (Å²) >= 11 is 0. The molecule has 0 bridgehead atoms. The molecule has 2 aromatic rings. The van der Waals surface area contributed by atoms with Crippen LogP contribution in [-0.4, -0.2) is 37.8 Å². The topological polar surface area (TPSA) is 30.7 Å². The molecule has 20 heavy (non-hydrogen) atoms. The molecule has 5 heteroatoms. The third-order valence-corrected chi connectivity index (χ3v) is 2.74. The zero-order valence-corrected chi connectivity index (χ0v) is 15.0. The van der Waals surface area contributed by atoms with Crippen LogP contribution in [0.25, 0.3) is 11.4 Å². The molecule has 0 atom stereocenters. The zero-order chi connectivity index (χ0) is 13.3. The van der Waals surface area contributed by atoms with Crippen molar-refractivity contribution in [3.8, 4) is 11.4 Å². The van der Waals surface area contributed by atoms with E-state index in [1.807, 2.05) is 23.9 Å². The number of aromatic nitrogens is 3. The molecule has 0 aliphatic carbocycles. The minimum atomic E-state index is 0. The minimum Gasteiger partial charge on any atom is -1.00 e. The van der Waals surface area contributed by atoms with Crippen molar-refractivity contribution in [3.05, 3.63) is 35.7 Å². The Morgan fingerprint density at radius 3 is 2.50 bits per heavy atom. The average Bonchev–Trinajstić information content (AvgIpc) is 2.58. The van der Waals surface area contributed by atoms with E-state index >= 15 is 0 Å². The van der Waals surface area contributed by atoms with Crippen LogP contribution in [0.2, 0.25) is 0 Å². The minimum absolute atomic E-state index is 0. The molecule has 0 saturated heterocycles. The number of hydrogen-bond donors (Lipinski definition) is 0. The number of rotatable bonds is 2. The van der Waals surface area contributed by atoms with Crippen LogP contribution in [0.4, 0.5) is 0 Å². The fourth-order valence-corrected chi connectivity index (χ4v) is 1.87. The fraction of sp³-hybridized carbons (Fsp3) is 0.467. The Labute approximate surface area is 143 Å². The van der Waals surface area contributed by atoms with Crippen molar-refractivity contribution in [2.24, 2.45) is 12.5 Å². The number of halogens is 1. The predicted molar refractivity (Wildman–Crippen MR) is 78.9 cm³/mol. The van der Waals surface area contributed by atoms with Gasteiger partial charge in [0.1, 0.15) is 5.82 Å². The van der Waals surface area contributed by atoms with Gasteiger partial charge in [0, 0.05) is 13.5 Å². The molecule has 0 aliphatic rings. The summed E-state index contributed by atoms with van der Waals surface area (Å²) in [4.78, 5) is 4.63. The van der Waals surface area contributed by atoms with Crippen LogP contribution >= 0.6 is 0 Å². The summed E-state index contributed by atoms with van der Waals surface area (Å²) in [5.41, 5.74) is 2.38. The third kappa shape index (κ3) is 5.07. The Bertz CT molecular complexity index is 558. The largest absolute Gasteiger partial charge is 2.00 e. The second-order valence-electron chi connectivity index (χ2n) is 5.99. The quantitative estimate of drug-likeness (QED) is 0.568. The molecule has 1 aromatic carbocycles. The van der Waals surface area contributed by atoms with Gasteiger partial charge in [-0.2, -0.15) is 0 Å². The van der Waals surface area contributed by atoms with Gasteiger partial charge >= 0.3 is 23.1 Å². The average molecular weight is 302 g/mol. The van der Waals surface area contributed by atoms with Gasteiger partial charge in [-0.25, -0.2) is 5.10 Å². The van der Waals surface area contributed by atoms with Crippen LogP contribution < -0.4 is 12.4 Å². The Morgan fingerprint density at radius 1 is 1.30 bits per heavy atom. The second-order valence-corrected chi connectivity index (χ2v) is 5.99. The van der Waals surface area contributed by atoms with E-state index in [0.29, 0.717) is 0 Å². The number of hydrogen-bond acceptors (Lipinski definition) is 2. The molecule has 2 rings (SSSR count). The maximum atomic E-state index is 4.63. The van der Waals surface area contributed by atoms with E-state index in [0.717, 1.165) is 23.6 Å². The molecule has 104 valence electrons. The first kappa shape index (κ1) is 19.4. The SMILES string of the molecule is Cc1cc[c-]c(-c2nc(CC(C)(C)C)n(C)n2)c1.[Cl-].[Mg+2]. The Kier molecular flexibility index (Phi) is 7.21. The van der Waals surface area contributed by atoms with E-state index in [2.05, 4.69) is 49.9 Å². The van der Waals surface area contributed by atoms with Crippen LogP contribution in [0.3, 0.4) is 0 Å². The number of aryl methyl sites for hydroxylation is 2. The molecule has 1 aromatic heterocycles. The summed E-state index contributed by atoms with van der Waals surface area (Å²) in [6, 6.07) is 9.21. The van der Waals surface area contributed by atoms with Crippen LogP contribution in [0.15, 0.2) is 18.2 Å². The van der Waals surface area contributed by atoms with Gasteiger partial charge in [-0.05, 0) is 5.41 Å². The summed E-state index contributed by atoms with van der Waals surface area (Å²) in [5.74, 6) is 1.79. The van der Waals surface area contributed by atoms with Gasteiger partial charge in [0.2, 0.25) is 0 Å². The third-order valence-electron chi connectivity index (χ3n) is 2.74. The molecule has 1 heterocycles.